The summed E-state index contributed by atoms with van der Waals surface area (Å²) in [7, 11) is 0. The molecule has 0 spiro atoms. The Morgan fingerprint density at radius 1 is 1.54 bits per heavy atom. The Morgan fingerprint density at radius 3 is 2.67 bits per heavy atom. The second kappa shape index (κ2) is 6.89. The van der Waals surface area contributed by atoms with Crippen LogP contribution in [0.15, 0.2) is 12.4 Å². The number of nitrogens with two attached hydrogens (primary N) is 1. The fraction of sp³-hybridized carbons (Fsp3) is 0.714. The van der Waals surface area contributed by atoms with Gasteiger partial charge < -0.3 is 15.8 Å². The zero-order chi connectivity index (χ0) is 17.5. The highest BCUT2D eigenvalue weighted by molar-refractivity contribution is 5.99. The van der Waals surface area contributed by atoms with Crippen molar-refractivity contribution in [3.05, 3.63) is 12.4 Å². The molecule has 0 saturated heterocycles. The van der Waals surface area contributed by atoms with Gasteiger partial charge in [0.2, 0.25) is 5.91 Å². The Labute approximate surface area is 144 Å². The Balaban J connectivity index is 0.00000288. The van der Waals surface area contributed by atoms with Crippen molar-refractivity contribution in [1.82, 2.24) is 9.78 Å². The molecule has 0 radical (unpaired) electrons. The number of carbonyl (C=O) groups excluding carboxylic acids is 1. The Kier molecular flexibility index (Phi) is 5.95. The number of alkyl halides is 3. The van der Waals surface area contributed by atoms with Gasteiger partial charge >= 0.3 is 6.18 Å². The van der Waals surface area contributed by atoms with Crippen molar-refractivity contribution in [2.45, 2.75) is 51.6 Å². The number of amides is 1. The van der Waals surface area contributed by atoms with E-state index in [0.29, 0.717) is 17.7 Å². The number of carbonyl (C=O) groups is 1. The van der Waals surface area contributed by atoms with E-state index in [9.17, 15) is 18.0 Å². The van der Waals surface area contributed by atoms with Crippen LogP contribution < -0.4 is 11.1 Å². The lowest BCUT2D eigenvalue weighted by Gasteiger charge is -2.57. The molecule has 1 amide bonds. The summed E-state index contributed by atoms with van der Waals surface area (Å²) < 4.78 is 43.2. The summed E-state index contributed by atoms with van der Waals surface area (Å²) in [6.45, 7) is 4.85. The predicted octanol–water partition coefficient (Wildman–Crippen LogP) is 2.34. The van der Waals surface area contributed by atoms with Crippen LogP contribution in [0.3, 0.4) is 0 Å². The van der Waals surface area contributed by atoms with Crippen molar-refractivity contribution < 1.29 is 22.7 Å². The van der Waals surface area contributed by atoms with Crippen LogP contribution in [0.25, 0.3) is 0 Å². The van der Waals surface area contributed by atoms with Gasteiger partial charge in [-0.05, 0) is 6.92 Å². The van der Waals surface area contributed by atoms with Crippen LogP contribution in [0.4, 0.5) is 18.9 Å². The number of aromatic nitrogens is 2. The van der Waals surface area contributed by atoms with Crippen LogP contribution in [-0.4, -0.2) is 40.1 Å². The van der Waals surface area contributed by atoms with E-state index >= 15 is 0 Å². The van der Waals surface area contributed by atoms with Gasteiger partial charge in [-0.1, -0.05) is 13.8 Å². The second-order valence-corrected chi connectivity index (χ2v) is 6.34. The first-order chi connectivity index (χ1) is 10.5. The molecule has 1 aromatic heterocycles. The normalized spacial score (nSPS) is 25.5. The van der Waals surface area contributed by atoms with Crippen LogP contribution in [-0.2, 0) is 16.1 Å². The number of nitrogens with one attached hydrogen (secondary N) is 1. The smallest absolute Gasteiger partial charge is 0.378 e. The largest absolute Gasteiger partial charge is 0.408 e. The molecule has 6 nitrogen and oxygen atoms in total. The van der Waals surface area contributed by atoms with E-state index in [0.717, 1.165) is 6.20 Å². The molecule has 0 aromatic carbocycles. The van der Waals surface area contributed by atoms with Crippen molar-refractivity contribution in [3.8, 4) is 0 Å². The van der Waals surface area contributed by atoms with E-state index < -0.39 is 29.6 Å². The summed E-state index contributed by atoms with van der Waals surface area (Å²) in [4.78, 5) is 12.4. The number of rotatable bonds is 5. The maximum Gasteiger partial charge on any atom is 0.408 e. The number of hydrogen-bond donors (Lipinski definition) is 2. The van der Waals surface area contributed by atoms with Gasteiger partial charge in [0.1, 0.15) is 12.1 Å². The van der Waals surface area contributed by atoms with Crippen LogP contribution in [0.5, 0.6) is 0 Å². The zero-order valence-corrected chi connectivity index (χ0v) is 14.5. The minimum absolute atomic E-state index is 0. The predicted molar refractivity (Wildman–Crippen MR) is 84.9 cm³/mol. The average molecular weight is 371 g/mol. The quantitative estimate of drug-likeness (QED) is 0.833. The number of hydrogen-bond acceptors (Lipinski definition) is 4. The van der Waals surface area contributed by atoms with Crippen molar-refractivity contribution in [1.29, 1.82) is 0 Å². The van der Waals surface area contributed by atoms with E-state index in [4.69, 9.17) is 10.5 Å². The van der Waals surface area contributed by atoms with Crippen LogP contribution in [0.1, 0.15) is 27.2 Å². The van der Waals surface area contributed by atoms with Gasteiger partial charge in [0, 0.05) is 24.6 Å². The third kappa shape index (κ3) is 3.84. The van der Waals surface area contributed by atoms with Gasteiger partial charge in [-0.25, -0.2) is 0 Å². The van der Waals surface area contributed by atoms with E-state index in [1.54, 1.807) is 0 Å². The molecule has 1 heterocycles. The number of nitrogens with zero attached hydrogens (tertiary/aromatic N) is 2. The first-order valence-electron chi connectivity index (χ1n) is 7.31. The molecule has 3 N–H and O–H groups in total. The summed E-state index contributed by atoms with van der Waals surface area (Å²) in [6, 6.07) is 0. The maximum absolute atomic E-state index is 12.4. The number of anilines is 1. The lowest BCUT2D eigenvalue weighted by atomic mass is 9.54. The van der Waals surface area contributed by atoms with Gasteiger partial charge in [0.25, 0.3) is 0 Å². The summed E-state index contributed by atoms with van der Waals surface area (Å²) in [5, 5.41) is 6.12. The topological polar surface area (TPSA) is 82.2 Å². The van der Waals surface area contributed by atoms with Crippen LogP contribution in [0, 0.1) is 5.41 Å². The average Bonchev–Trinajstić information content (AvgIpc) is 2.83. The van der Waals surface area contributed by atoms with Crippen molar-refractivity contribution >= 4 is 24.0 Å². The van der Waals surface area contributed by atoms with Gasteiger partial charge in [0.05, 0.1) is 18.0 Å². The molecule has 138 valence electrons. The fourth-order valence-electron chi connectivity index (χ4n) is 2.76. The molecule has 1 aliphatic carbocycles. The number of halogens is 4. The third-order valence-corrected chi connectivity index (χ3v) is 4.47. The molecule has 2 unspecified atom stereocenters. The van der Waals surface area contributed by atoms with E-state index in [-0.39, 0.29) is 24.2 Å². The second-order valence-electron chi connectivity index (χ2n) is 6.34. The molecule has 2 atom stereocenters. The maximum atomic E-state index is 12.4. The minimum atomic E-state index is -4.37. The lowest BCUT2D eigenvalue weighted by molar-refractivity contribution is -0.166. The van der Waals surface area contributed by atoms with Crippen LogP contribution >= 0.6 is 12.4 Å². The molecule has 2 rings (SSSR count). The van der Waals surface area contributed by atoms with Gasteiger partial charge in [0.15, 0.2) is 0 Å². The minimum Gasteiger partial charge on any atom is -0.378 e. The molecule has 1 saturated carbocycles. The molecular formula is C14H22ClF3N4O2. The molecular weight excluding hydrogens is 349 g/mol. The van der Waals surface area contributed by atoms with Crippen LogP contribution in [0.2, 0.25) is 0 Å². The van der Waals surface area contributed by atoms with E-state index in [1.807, 2.05) is 20.8 Å². The SMILES string of the molecule is CCOC1CC(N)(C(=O)Nc2cnn(CC(F)(F)F)c2)C1(C)C.Cl. The first kappa shape index (κ1) is 20.7. The lowest BCUT2D eigenvalue weighted by Crippen LogP contribution is -2.74. The first-order valence-corrected chi connectivity index (χ1v) is 7.31. The summed E-state index contributed by atoms with van der Waals surface area (Å²) in [6.07, 6.45) is -1.85. The molecule has 10 heteroatoms. The van der Waals surface area contributed by atoms with E-state index in [2.05, 4.69) is 10.4 Å². The van der Waals surface area contributed by atoms with Crippen molar-refractivity contribution in [2.75, 3.05) is 11.9 Å². The van der Waals surface area contributed by atoms with Gasteiger partial charge in [-0.3, -0.25) is 9.48 Å². The third-order valence-electron chi connectivity index (χ3n) is 4.47. The Bertz CT molecular complexity index is 591. The summed E-state index contributed by atoms with van der Waals surface area (Å²) >= 11 is 0. The molecule has 1 fully saturated rings. The summed E-state index contributed by atoms with van der Waals surface area (Å²) in [5.74, 6) is -0.454. The molecule has 1 aromatic rings. The Hall–Kier alpha value is -1.32. The summed E-state index contributed by atoms with van der Waals surface area (Å²) in [5.41, 5.74) is 4.67. The Morgan fingerprint density at radius 2 is 2.17 bits per heavy atom. The molecule has 1 aliphatic rings. The van der Waals surface area contributed by atoms with E-state index in [1.165, 1.54) is 6.20 Å². The fourth-order valence-corrected chi connectivity index (χ4v) is 2.76. The zero-order valence-electron chi connectivity index (χ0n) is 13.7. The highest BCUT2D eigenvalue weighted by atomic mass is 35.5. The molecule has 0 aliphatic heterocycles. The molecule has 0 bridgehead atoms. The van der Waals surface area contributed by atoms with Crippen molar-refractivity contribution in [3.63, 3.8) is 0 Å². The highest BCUT2D eigenvalue weighted by Crippen LogP contribution is 2.50. The van der Waals surface area contributed by atoms with Crippen molar-refractivity contribution in [2.24, 2.45) is 11.1 Å². The number of ether oxygens (including phenoxy) is 1. The van der Waals surface area contributed by atoms with Gasteiger partial charge in [-0.15, -0.1) is 12.4 Å². The van der Waals surface area contributed by atoms with Gasteiger partial charge in [-0.2, -0.15) is 18.3 Å². The highest BCUT2D eigenvalue weighted by Gasteiger charge is 2.62. The molecule has 24 heavy (non-hydrogen) atoms. The standard InChI is InChI=1S/C14H21F3N4O2.ClH/c1-4-23-10-5-13(18,12(10,2)3)11(22)20-9-6-19-21(7-9)8-14(15,16)17;/h6-7,10H,4-5,8,18H2,1-3H3,(H,20,22);1H. The monoisotopic (exact) mass is 370 g/mol.